The SMILES string of the molecule is CC(C)OC(=O)OCOC(=O)C(C)NC(=O)OC(C)(C)C. The molecule has 0 aromatic carbocycles. The number of carbonyl (C=O) groups excluding carboxylic acids is 3. The molecule has 8 heteroatoms. The molecular formula is C13H23NO7. The number of esters is 1. The highest BCUT2D eigenvalue weighted by atomic mass is 16.8. The molecular weight excluding hydrogens is 282 g/mol. The van der Waals surface area contributed by atoms with Gasteiger partial charge < -0.3 is 24.3 Å². The van der Waals surface area contributed by atoms with Crippen molar-refractivity contribution in [3.63, 3.8) is 0 Å². The third-order valence-electron chi connectivity index (χ3n) is 1.80. The predicted octanol–water partition coefficient (Wildman–Crippen LogP) is 1.96. The molecule has 8 nitrogen and oxygen atoms in total. The highest BCUT2D eigenvalue weighted by Gasteiger charge is 2.22. The molecule has 0 aromatic heterocycles. The number of hydrogen-bond donors (Lipinski definition) is 1. The molecule has 0 aliphatic rings. The van der Waals surface area contributed by atoms with Gasteiger partial charge in [-0.25, -0.2) is 14.4 Å². The van der Waals surface area contributed by atoms with Crippen LogP contribution in [0, 0.1) is 0 Å². The van der Waals surface area contributed by atoms with Gasteiger partial charge in [0.25, 0.3) is 0 Å². The summed E-state index contributed by atoms with van der Waals surface area (Å²) < 4.78 is 18.8. The van der Waals surface area contributed by atoms with Crippen LogP contribution in [0.25, 0.3) is 0 Å². The molecule has 0 saturated heterocycles. The van der Waals surface area contributed by atoms with Crippen molar-refractivity contribution >= 4 is 18.2 Å². The summed E-state index contributed by atoms with van der Waals surface area (Å²) in [7, 11) is 0. The summed E-state index contributed by atoms with van der Waals surface area (Å²) in [6.07, 6.45) is -2.02. The summed E-state index contributed by atoms with van der Waals surface area (Å²) >= 11 is 0. The van der Waals surface area contributed by atoms with Crippen molar-refractivity contribution in [3.8, 4) is 0 Å². The Balaban J connectivity index is 4.01. The summed E-state index contributed by atoms with van der Waals surface area (Å²) in [6, 6.07) is -0.940. The molecule has 0 bridgehead atoms. The van der Waals surface area contributed by atoms with Crippen LogP contribution in [0.3, 0.4) is 0 Å². The second-order valence-electron chi connectivity index (χ2n) is 5.51. The number of nitrogens with one attached hydrogen (secondary N) is 1. The lowest BCUT2D eigenvalue weighted by Crippen LogP contribution is -2.42. The van der Waals surface area contributed by atoms with Crippen LogP contribution in [0.15, 0.2) is 0 Å². The lowest BCUT2D eigenvalue weighted by molar-refractivity contribution is -0.155. The number of rotatable bonds is 5. The van der Waals surface area contributed by atoms with Gasteiger partial charge in [-0.2, -0.15) is 0 Å². The summed E-state index contributed by atoms with van der Waals surface area (Å²) in [6.45, 7) is 9.22. The molecule has 1 unspecified atom stereocenters. The van der Waals surface area contributed by atoms with E-state index in [-0.39, 0.29) is 6.10 Å². The third-order valence-corrected chi connectivity index (χ3v) is 1.80. The number of amides is 1. The molecule has 21 heavy (non-hydrogen) atoms. The van der Waals surface area contributed by atoms with Gasteiger partial charge >= 0.3 is 18.2 Å². The molecule has 0 spiro atoms. The zero-order valence-corrected chi connectivity index (χ0v) is 13.2. The number of ether oxygens (including phenoxy) is 4. The smallest absolute Gasteiger partial charge is 0.444 e. The average Bonchev–Trinajstić information content (AvgIpc) is 2.24. The monoisotopic (exact) mass is 305 g/mol. The minimum absolute atomic E-state index is 0.332. The topological polar surface area (TPSA) is 100 Å². The van der Waals surface area contributed by atoms with Crippen LogP contribution in [-0.2, 0) is 23.7 Å². The summed E-state index contributed by atoms with van der Waals surface area (Å²) in [5.74, 6) is -0.766. The van der Waals surface area contributed by atoms with Crippen molar-refractivity contribution in [1.29, 1.82) is 0 Å². The van der Waals surface area contributed by atoms with Gasteiger partial charge in [-0.3, -0.25) is 0 Å². The highest BCUT2D eigenvalue weighted by Crippen LogP contribution is 2.06. The van der Waals surface area contributed by atoms with E-state index in [1.165, 1.54) is 6.92 Å². The first kappa shape index (κ1) is 19.0. The van der Waals surface area contributed by atoms with Crippen LogP contribution >= 0.6 is 0 Å². The van der Waals surface area contributed by atoms with Gasteiger partial charge in [-0.15, -0.1) is 0 Å². The fourth-order valence-electron chi connectivity index (χ4n) is 1.03. The number of alkyl carbamates (subject to hydrolysis) is 1. The van der Waals surface area contributed by atoms with Gasteiger partial charge in [0.05, 0.1) is 6.10 Å². The highest BCUT2D eigenvalue weighted by molar-refractivity contribution is 5.81. The third kappa shape index (κ3) is 10.5. The molecule has 0 fully saturated rings. The van der Waals surface area contributed by atoms with Crippen LogP contribution in [0.1, 0.15) is 41.5 Å². The van der Waals surface area contributed by atoms with Gasteiger partial charge in [-0.1, -0.05) is 0 Å². The summed E-state index contributed by atoms with van der Waals surface area (Å²) in [5, 5.41) is 2.30. The second kappa shape index (κ2) is 8.33. The zero-order chi connectivity index (χ0) is 16.6. The normalized spacial score (nSPS) is 12.3. The first-order valence-corrected chi connectivity index (χ1v) is 6.51. The second-order valence-corrected chi connectivity index (χ2v) is 5.51. The molecule has 0 saturated carbocycles. The first-order valence-electron chi connectivity index (χ1n) is 6.51. The minimum atomic E-state index is -0.940. The van der Waals surface area contributed by atoms with Crippen molar-refractivity contribution < 1.29 is 33.3 Å². The van der Waals surface area contributed by atoms with Crippen molar-refractivity contribution in [3.05, 3.63) is 0 Å². The Morgan fingerprint density at radius 1 is 1.05 bits per heavy atom. The van der Waals surface area contributed by atoms with Crippen molar-refractivity contribution in [2.45, 2.75) is 59.3 Å². The molecule has 122 valence electrons. The van der Waals surface area contributed by atoms with Crippen molar-refractivity contribution in [2.24, 2.45) is 0 Å². The quantitative estimate of drug-likeness (QED) is 0.470. The van der Waals surface area contributed by atoms with E-state index in [0.29, 0.717) is 0 Å². The minimum Gasteiger partial charge on any atom is -0.444 e. The van der Waals surface area contributed by atoms with Crippen LogP contribution in [0.5, 0.6) is 0 Å². The van der Waals surface area contributed by atoms with Gasteiger partial charge in [0.15, 0.2) is 0 Å². The first-order chi connectivity index (χ1) is 9.51. The average molecular weight is 305 g/mol. The van der Waals surface area contributed by atoms with Crippen LogP contribution in [-0.4, -0.2) is 42.8 Å². The van der Waals surface area contributed by atoms with Gasteiger partial charge in [0, 0.05) is 0 Å². The maximum absolute atomic E-state index is 11.5. The van der Waals surface area contributed by atoms with Gasteiger partial charge in [0.2, 0.25) is 6.79 Å². The molecule has 0 aliphatic carbocycles. The van der Waals surface area contributed by atoms with Crippen molar-refractivity contribution in [1.82, 2.24) is 5.32 Å². The Morgan fingerprint density at radius 3 is 2.10 bits per heavy atom. The van der Waals surface area contributed by atoms with E-state index in [1.54, 1.807) is 34.6 Å². The van der Waals surface area contributed by atoms with E-state index in [1.807, 2.05) is 0 Å². The predicted molar refractivity (Wildman–Crippen MR) is 72.5 cm³/mol. The fraction of sp³-hybridized carbons (Fsp3) is 0.769. The molecule has 1 amide bonds. The van der Waals surface area contributed by atoms with Crippen LogP contribution < -0.4 is 5.32 Å². The number of hydrogen-bond acceptors (Lipinski definition) is 7. The van der Waals surface area contributed by atoms with E-state index in [0.717, 1.165) is 0 Å². The Kier molecular flexibility index (Phi) is 7.54. The Labute approximate surface area is 124 Å². The lowest BCUT2D eigenvalue weighted by atomic mass is 10.2. The molecule has 1 atom stereocenters. The molecule has 0 radical (unpaired) electrons. The van der Waals surface area contributed by atoms with Crippen molar-refractivity contribution in [2.75, 3.05) is 6.79 Å². The Bertz CT molecular complexity index is 373. The van der Waals surface area contributed by atoms with E-state index in [2.05, 4.69) is 19.5 Å². The largest absolute Gasteiger partial charge is 0.511 e. The fourth-order valence-corrected chi connectivity index (χ4v) is 1.03. The Morgan fingerprint density at radius 2 is 1.62 bits per heavy atom. The zero-order valence-electron chi connectivity index (χ0n) is 13.2. The maximum atomic E-state index is 11.5. The number of carbonyl (C=O) groups is 3. The van der Waals surface area contributed by atoms with Gasteiger partial charge in [-0.05, 0) is 41.5 Å². The summed E-state index contributed by atoms with van der Waals surface area (Å²) in [4.78, 5) is 34.0. The molecule has 0 rings (SSSR count). The standard InChI is InChI=1S/C13H23NO7/c1-8(2)20-12(17)19-7-18-10(15)9(3)14-11(16)21-13(4,5)6/h8-9H,7H2,1-6H3,(H,14,16). The van der Waals surface area contributed by atoms with Gasteiger partial charge in [0.1, 0.15) is 11.6 Å². The van der Waals surface area contributed by atoms with E-state index in [9.17, 15) is 14.4 Å². The molecule has 0 aromatic rings. The molecule has 0 heterocycles. The maximum Gasteiger partial charge on any atom is 0.511 e. The van der Waals surface area contributed by atoms with E-state index >= 15 is 0 Å². The molecule has 1 N–H and O–H groups in total. The Hall–Kier alpha value is -1.99. The van der Waals surface area contributed by atoms with E-state index in [4.69, 9.17) is 4.74 Å². The lowest BCUT2D eigenvalue weighted by Gasteiger charge is -2.21. The van der Waals surface area contributed by atoms with Crippen LogP contribution in [0.2, 0.25) is 0 Å². The van der Waals surface area contributed by atoms with Crippen LogP contribution in [0.4, 0.5) is 9.59 Å². The molecule has 0 aliphatic heterocycles. The van der Waals surface area contributed by atoms with E-state index < -0.39 is 36.7 Å². The summed E-state index contributed by atoms with van der Waals surface area (Å²) in [5.41, 5.74) is -0.669.